The number of aryl methyl sites for hydroxylation is 1. The average Bonchev–Trinajstić information content (AvgIpc) is 2.66. The molecule has 0 saturated carbocycles. The Labute approximate surface area is 93.7 Å². The summed E-state index contributed by atoms with van der Waals surface area (Å²) in [5.74, 6) is 0. The lowest BCUT2D eigenvalue weighted by molar-refractivity contribution is 0.717. The Morgan fingerprint density at radius 3 is 3.00 bits per heavy atom. The van der Waals surface area contributed by atoms with Gasteiger partial charge < -0.3 is 4.57 Å². The molecule has 0 aromatic carbocycles. The van der Waals surface area contributed by atoms with Gasteiger partial charge in [-0.2, -0.15) is 0 Å². The Kier molecular flexibility index (Phi) is 2.10. The standard InChI is InChI=1S/C13H13N3/c1-2-8-16-12-5-7-14-9-11(12)10-4-3-6-15-13(10)16/h3-7,9H,2,8H2,1H3. The highest BCUT2D eigenvalue weighted by molar-refractivity contribution is 6.06. The Morgan fingerprint density at radius 1 is 1.19 bits per heavy atom. The fourth-order valence-corrected chi connectivity index (χ4v) is 2.22. The molecule has 0 bridgehead atoms. The van der Waals surface area contributed by atoms with E-state index in [0.29, 0.717) is 0 Å². The first-order chi connectivity index (χ1) is 7.92. The van der Waals surface area contributed by atoms with Crippen molar-refractivity contribution in [2.45, 2.75) is 19.9 Å². The predicted octanol–water partition coefficient (Wildman–Crippen LogP) is 2.99. The number of hydrogen-bond donors (Lipinski definition) is 0. The number of nitrogens with zero attached hydrogens (tertiary/aromatic N) is 3. The van der Waals surface area contributed by atoms with Crippen LogP contribution >= 0.6 is 0 Å². The van der Waals surface area contributed by atoms with Gasteiger partial charge in [0.2, 0.25) is 0 Å². The number of pyridine rings is 2. The summed E-state index contributed by atoms with van der Waals surface area (Å²) < 4.78 is 2.27. The average molecular weight is 211 g/mol. The van der Waals surface area contributed by atoms with Crippen molar-refractivity contribution in [3.63, 3.8) is 0 Å². The first kappa shape index (κ1) is 9.33. The van der Waals surface area contributed by atoms with E-state index < -0.39 is 0 Å². The van der Waals surface area contributed by atoms with Crippen molar-refractivity contribution in [2.24, 2.45) is 0 Å². The number of aromatic nitrogens is 3. The third kappa shape index (κ3) is 1.21. The van der Waals surface area contributed by atoms with Gasteiger partial charge in [-0.3, -0.25) is 4.98 Å². The van der Waals surface area contributed by atoms with E-state index in [1.165, 1.54) is 16.3 Å². The highest BCUT2D eigenvalue weighted by Crippen LogP contribution is 2.26. The molecular formula is C13H13N3. The van der Waals surface area contributed by atoms with Crippen LogP contribution in [0.2, 0.25) is 0 Å². The van der Waals surface area contributed by atoms with Crippen LogP contribution in [-0.2, 0) is 6.54 Å². The van der Waals surface area contributed by atoms with Gasteiger partial charge in [0.15, 0.2) is 0 Å². The van der Waals surface area contributed by atoms with Crippen LogP contribution in [0, 0.1) is 0 Å². The monoisotopic (exact) mass is 211 g/mol. The van der Waals surface area contributed by atoms with E-state index in [1.54, 1.807) is 0 Å². The van der Waals surface area contributed by atoms with Crippen molar-refractivity contribution in [1.82, 2.24) is 14.5 Å². The Morgan fingerprint density at radius 2 is 2.12 bits per heavy atom. The van der Waals surface area contributed by atoms with Gasteiger partial charge in [0.25, 0.3) is 0 Å². The zero-order valence-corrected chi connectivity index (χ0v) is 9.22. The minimum Gasteiger partial charge on any atom is -0.325 e. The summed E-state index contributed by atoms with van der Waals surface area (Å²) in [6.07, 6.45) is 6.72. The van der Waals surface area contributed by atoms with Crippen molar-refractivity contribution in [3.8, 4) is 0 Å². The van der Waals surface area contributed by atoms with Gasteiger partial charge in [0.1, 0.15) is 5.65 Å². The smallest absolute Gasteiger partial charge is 0.140 e. The lowest BCUT2D eigenvalue weighted by atomic mass is 10.2. The SMILES string of the molecule is CCCn1c2ccncc2c2cccnc21. The summed E-state index contributed by atoms with van der Waals surface area (Å²) in [5, 5.41) is 2.39. The number of fused-ring (bicyclic) bond motifs is 3. The van der Waals surface area contributed by atoms with E-state index in [4.69, 9.17) is 0 Å². The summed E-state index contributed by atoms with van der Waals surface area (Å²) in [4.78, 5) is 8.67. The Hall–Kier alpha value is -1.90. The highest BCUT2D eigenvalue weighted by atomic mass is 15.0. The van der Waals surface area contributed by atoms with Gasteiger partial charge in [0.05, 0.1) is 5.52 Å². The van der Waals surface area contributed by atoms with Gasteiger partial charge in [-0.05, 0) is 24.6 Å². The van der Waals surface area contributed by atoms with Gasteiger partial charge in [-0.1, -0.05) is 6.92 Å². The minimum absolute atomic E-state index is 1.00. The van der Waals surface area contributed by atoms with E-state index in [2.05, 4.69) is 33.6 Å². The second-order valence-corrected chi connectivity index (χ2v) is 3.92. The van der Waals surface area contributed by atoms with Gasteiger partial charge in [-0.25, -0.2) is 4.98 Å². The molecule has 0 unspecified atom stereocenters. The van der Waals surface area contributed by atoms with Crippen LogP contribution in [0.25, 0.3) is 21.9 Å². The topological polar surface area (TPSA) is 30.7 Å². The lowest BCUT2D eigenvalue weighted by Crippen LogP contribution is -1.97. The number of hydrogen-bond acceptors (Lipinski definition) is 2. The van der Waals surface area contributed by atoms with Crippen molar-refractivity contribution < 1.29 is 0 Å². The molecule has 3 heterocycles. The second kappa shape index (κ2) is 3.59. The maximum Gasteiger partial charge on any atom is 0.140 e. The third-order valence-electron chi connectivity index (χ3n) is 2.87. The molecule has 0 spiro atoms. The van der Waals surface area contributed by atoms with Crippen LogP contribution in [0.4, 0.5) is 0 Å². The van der Waals surface area contributed by atoms with Crippen molar-refractivity contribution in [1.29, 1.82) is 0 Å². The zero-order valence-electron chi connectivity index (χ0n) is 9.22. The van der Waals surface area contributed by atoms with Crippen molar-refractivity contribution >= 4 is 21.9 Å². The fourth-order valence-electron chi connectivity index (χ4n) is 2.22. The predicted molar refractivity (Wildman–Crippen MR) is 65.3 cm³/mol. The van der Waals surface area contributed by atoms with Crippen LogP contribution in [-0.4, -0.2) is 14.5 Å². The third-order valence-corrected chi connectivity index (χ3v) is 2.87. The van der Waals surface area contributed by atoms with Gasteiger partial charge in [0, 0.05) is 35.9 Å². The minimum atomic E-state index is 1.00. The van der Waals surface area contributed by atoms with E-state index in [9.17, 15) is 0 Å². The van der Waals surface area contributed by atoms with E-state index in [0.717, 1.165) is 18.6 Å². The zero-order chi connectivity index (χ0) is 11.0. The first-order valence-corrected chi connectivity index (χ1v) is 5.58. The molecule has 0 atom stereocenters. The molecule has 0 aliphatic rings. The van der Waals surface area contributed by atoms with Crippen molar-refractivity contribution in [2.75, 3.05) is 0 Å². The molecule has 0 fully saturated rings. The molecule has 0 saturated heterocycles. The molecule has 3 rings (SSSR count). The summed E-state index contributed by atoms with van der Waals surface area (Å²) in [6.45, 7) is 3.18. The van der Waals surface area contributed by atoms with Crippen molar-refractivity contribution in [3.05, 3.63) is 36.8 Å². The molecule has 80 valence electrons. The second-order valence-electron chi connectivity index (χ2n) is 3.92. The molecule has 0 N–H and O–H groups in total. The van der Waals surface area contributed by atoms with E-state index >= 15 is 0 Å². The number of rotatable bonds is 2. The van der Waals surface area contributed by atoms with Crippen LogP contribution in [0.15, 0.2) is 36.8 Å². The van der Waals surface area contributed by atoms with E-state index in [-0.39, 0.29) is 0 Å². The largest absolute Gasteiger partial charge is 0.325 e. The fraction of sp³-hybridized carbons (Fsp3) is 0.231. The van der Waals surface area contributed by atoms with Gasteiger partial charge >= 0.3 is 0 Å². The first-order valence-electron chi connectivity index (χ1n) is 5.58. The molecule has 16 heavy (non-hydrogen) atoms. The summed E-state index contributed by atoms with van der Waals surface area (Å²) in [7, 11) is 0. The Balaban J connectivity index is 2.49. The molecule has 3 heteroatoms. The Bertz CT molecular complexity index is 587. The van der Waals surface area contributed by atoms with Crippen LogP contribution < -0.4 is 0 Å². The van der Waals surface area contributed by atoms with E-state index in [1.807, 2.05) is 24.7 Å². The molecular weight excluding hydrogens is 198 g/mol. The molecule has 0 radical (unpaired) electrons. The summed E-state index contributed by atoms with van der Waals surface area (Å²) in [5.41, 5.74) is 2.29. The van der Waals surface area contributed by atoms with Crippen LogP contribution in [0.1, 0.15) is 13.3 Å². The highest BCUT2D eigenvalue weighted by Gasteiger charge is 2.09. The van der Waals surface area contributed by atoms with Crippen LogP contribution in [0.5, 0.6) is 0 Å². The lowest BCUT2D eigenvalue weighted by Gasteiger charge is -2.03. The molecule has 3 aromatic rings. The summed E-state index contributed by atoms with van der Waals surface area (Å²) >= 11 is 0. The maximum absolute atomic E-state index is 4.47. The van der Waals surface area contributed by atoms with Gasteiger partial charge in [-0.15, -0.1) is 0 Å². The molecule has 3 nitrogen and oxygen atoms in total. The van der Waals surface area contributed by atoms with Crippen LogP contribution in [0.3, 0.4) is 0 Å². The summed E-state index contributed by atoms with van der Waals surface area (Å²) in [6, 6.07) is 6.15. The maximum atomic E-state index is 4.47. The molecule has 0 aliphatic carbocycles. The molecule has 3 aromatic heterocycles. The molecule has 0 amide bonds. The molecule has 0 aliphatic heterocycles. The quantitative estimate of drug-likeness (QED) is 0.652. The normalized spacial score (nSPS) is 11.3.